The number of esters is 1. The van der Waals surface area contributed by atoms with Crippen molar-refractivity contribution in [1.29, 1.82) is 0 Å². The molecule has 0 aromatic rings. The lowest BCUT2D eigenvalue weighted by molar-refractivity contribution is -0.152. The van der Waals surface area contributed by atoms with Crippen LogP contribution >= 0.6 is 0 Å². The Bertz CT molecular complexity index is 261. The smallest absolute Gasteiger partial charge is 0.334 e. The molecule has 0 aliphatic heterocycles. The molecule has 0 N–H and O–H groups in total. The molecule has 0 aliphatic carbocycles. The Labute approximate surface area is 131 Å². The van der Waals surface area contributed by atoms with Gasteiger partial charge in [0.15, 0.2) is 6.10 Å². The van der Waals surface area contributed by atoms with Gasteiger partial charge in [0.25, 0.3) is 0 Å². The maximum Gasteiger partial charge on any atom is 0.334 e. The van der Waals surface area contributed by atoms with E-state index >= 15 is 0 Å². The third kappa shape index (κ3) is 12.6. The van der Waals surface area contributed by atoms with Crippen LogP contribution in [0.15, 0.2) is 12.2 Å². The van der Waals surface area contributed by atoms with Gasteiger partial charge in [0.2, 0.25) is 0 Å². The van der Waals surface area contributed by atoms with E-state index in [1.807, 2.05) is 0 Å². The van der Waals surface area contributed by atoms with Crippen molar-refractivity contribution < 1.29 is 14.3 Å². The van der Waals surface area contributed by atoms with Crippen LogP contribution in [-0.4, -0.2) is 26.3 Å². The lowest BCUT2D eigenvalue weighted by atomic mass is 10.1. The van der Waals surface area contributed by atoms with E-state index in [0.29, 0.717) is 0 Å². The van der Waals surface area contributed by atoms with Crippen LogP contribution in [0.4, 0.5) is 0 Å². The fraction of sp³-hybridized carbons (Fsp3) is 0.833. The van der Waals surface area contributed by atoms with E-state index in [1.54, 1.807) is 7.11 Å². The number of rotatable bonds is 14. The fourth-order valence-electron chi connectivity index (χ4n) is 2.34. The highest BCUT2D eigenvalue weighted by atomic mass is 16.6. The zero-order valence-corrected chi connectivity index (χ0v) is 14.2. The third-order valence-corrected chi connectivity index (χ3v) is 3.73. The van der Waals surface area contributed by atoms with E-state index < -0.39 is 6.10 Å². The lowest BCUT2D eigenvalue weighted by Crippen LogP contribution is -2.24. The van der Waals surface area contributed by atoms with E-state index in [2.05, 4.69) is 23.8 Å². The first-order chi connectivity index (χ1) is 10.3. The van der Waals surface area contributed by atoms with E-state index in [0.717, 1.165) is 19.3 Å². The van der Waals surface area contributed by atoms with Gasteiger partial charge in [-0.15, -0.1) is 0 Å². The third-order valence-electron chi connectivity index (χ3n) is 3.73. The van der Waals surface area contributed by atoms with Gasteiger partial charge in [-0.05, 0) is 32.1 Å². The van der Waals surface area contributed by atoms with Gasteiger partial charge in [-0.1, -0.05) is 57.6 Å². The summed E-state index contributed by atoms with van der Waals surface area (Å²) in [7, 11) is 2.95. The summed E-state index contributed by atoms with van der Waals surface area (Å²) >= 11 is 0. The number of hydrogen-bond acceptors (Lipinski definition) is 3. The summed E-state index contributed by atoms with van der Waals surface area (Å²) in [5, 5.41) is 0. The molecule has 0 saturated carbocycles. The second kappa shape index (κ2) is 15.6. The van der Waals surface area contributed by atoms with Crippen molar-refractivity contribution in [3.63, 3.8) is 0 Å². The van der Waals surface area contributed by atoms with Crippen molar-refractivity contribution in [1.82, 2.24) is 0 Å². The molecule has 3 nitrogen and oxygen atoms in total. The van der Waals surface area contributed by atoms with Gasteiger partial charge in [-0.25, -0.2) is 4.79 Å². The molecule has 0 bridgehead atoms. The fourth-order valence-corrected chi connectivity index (χ4v) is 2.34. The number of carbonyl (C=O) groups excluding carboxylic acids is 1. The minimum atomic E-state index is -0.411. The maximum atomic E-state index is 11.3. The Morgan fingerprint density at radius 3 is 2.05 bits per heavy atom. The molecule has 0 aliphatic rings. The summed E-state index contributed by atoms with van der Waals surface area (Å²) in [6, 6.07) is 0. The molecule has 0 rings (SSSR count). The molecular weight excluding hydrogens is 264 g/mol. The Hall–Kier alpha value is -0.830. The van der Waals surface area contributed by atoms with E-state index in [1.165, 1.54) is 58.5 Å². The highest BCUT2D eigenvalue weighted by molar-refractivity contribution is 5.74. The van der Waals surface area contributed by atoms with Crippen LogP contribution in [0.25, 0.3) is 0 Å². The standard InChI is InChI=1S/C18H34O3/c1-4-5-6-7-8-9-10-11-12-13-14-15-16-17(20-2)18(19)21-3/h12-13,17H,4-11,14-16H2,1-3H3/b13-12-/t17-/m0/s1. The number of hydrogen-bond donors (Lipinski definition) is 0. The second-order valence-corrected chi connectivity index (χ2v) is 5.56. The molecule has 0 spiro atoms. The summed E-state index contributed by atoms with van der Waals surface area (Å²) < 4.78 is 9.78. The van der Waals surface area contributed by atoms with Crippen molar-refractivity contribution in [2.45, 2.75) is 83.7 Å². The van der Waals surface area contributed by atoms with Gasteiger partial charge < -0.3 is 9.47 Å². The minimum Gasteiger partial charge on any atom is -0.467 e. The minimum absolute atomic E-state index is 0.274. The van der Waals surface area contributed by atoms with Gasteiger partial charge in [-0.2, -0.15) is 0 Å². The van der Waals surface area contributed by atoms with E-state index in [9.17, 15) is 4.79 Å². The molecule has 0 unspecified atom stereocenters. The number of carbonyl (C=O) groups is 1. The summed E-state index contributed by atoms with van der Waals surface area (Å²) in [5.41, 5.74) is 0. The Kier molecular flexibility index (Phi) is 14.9. The van der Waals surface area contributed by atoms with Crippen LogP contribution in [0, 0.1) is 0 Å². The first-order valence-electron chi connectivity index (χ1n) is 8.51. The van der Waals surface area contributed by atoms with Crippen LogP contribution in [0.3, 0.4) is 0 Å². The molecule has 0 fully saturated rings. The average Bonchev–Trinajstić information content (AvgIpc) is 2.51. The monoisotopic (exact) mass is 298 g/mol. The van der Waals surface area contributed by atoms with E-state index in [4.69, 9.17) is 4.74 Å². The Morgan fingerprint density at radius 1 is 0.905 bits per heavy atom. The van der Waals surface area contributed by atoms with Crippen molar-refractivity contribution in [2.24, 2.45) is 0 Å². The molecule has 0 radical (unpaired) electrons. The Morgan fingerprint density at radius 2 is 1.48 bits per heavy atom. The highest BCUT2D eigenvalue weighted by Gasteiger charge is 2.16. The van der Waals surface area contributed by atoms with Crippen molar-refractivity contribution >= 4 is 5.97 Å². The number of methoxy groups -OCH3 is 2. The van der Waals surface area contributed by atoms with Gasteiger partial charge in [-0.3, -0.25) is 0 Å². The topological polar surface area (TPSA) is 35.5 Å². The number of unbranched alkanes of at least 4 members (excludes halogenated alkanes) is 8. The molecular formula is C18H34O3. The predicted octanol–water partition coefficient (Wildman–Crippen LogP) is 5.04. The highest BCUT2D eigenvalue weighted by Crippen LogP contribution is 2.10. The summed E-state index contributed by atoms with van der Waals surface area (Å²) in [5.74, 6) is -0.274. The van der Waals surface area contributed by atoms with Crippen molar-refractivity contribution in [3.05, 3.63) is 12.2 Å². The van der Waals surface area contributed by atoms with Gasteiger partial charge in [0, 0.05) is 7.11 Å². The zero-order chi connectivity index (χ0) is 15.8. The molecule has 124 valence electrons. The van der Waals surface area contributed by atoms with Crippen LogP contribution in [0.1, 0.15) is 77.6 Å². The maximum absolute atomic E-state index is 11.3. The summed E-state index contributed by atoms with van der Waals surface area (Å²) in [6.07, 6.45) is 17.5. The lowest BCUT2D eigenvalue weighted by Gasteiger charge is -2.11. The first kappa shape index (κ1) is 20.2. The zero-order valence-electron chi connectivity index (χ0n) is 14.2. The molecule has 0 amide bonds. The Balaban J connectivity index is 3.38. The second-order valence-electron chi connectivity index (χ2n) is 5.56. The van der Waals surface area contributed by atoms with Crippen molar-refractivity contribution in [2.75, 3.05) is 14.2 Å². The van der Waals surface area contributed by atoms with Crippen LogP contribution < -0.4 is 0 Å². The average molecular weight is 298 g/mol. The molecule has 3 heteroatoms. The molecule has 1 atom stereocenters. The first-order valence-corrected chi connectivity index (χ1v) is 8.51. The molecule has 0 aromatic carbocycles. The SMILES string of the molecule is CCCCCCCCC/C=C\CCC[C@H](OC)C(=O)OC. The summed E-state index contributed by atoms with van der Waals surface area (Å²) in [4.78, 5) is 11.3. The largest absolute Gasteiger partial charge is 0.467 e. The summed E-state index contributed by atoms with van der Waals surface area (Å²) in [6.45, 7) is 2.25. The van der Waals surface area contributed by atoms with Crippen molar-refractivity contribution in [3.8, 4) is 0 Å². The van der Waals surface area contributed by atoms with E-state index in [-0.39, 0.29) is 5.97 Å². The van der Waals surface area contributed by atoms with Gasteiger partial charge in [0.1, 0.15) is 0 Å². The number of ether oxygens (including phenoxy) is 2. The molecule has 21 heavy (non-hydrogen) atoms. The molecule has 0 aromatic heterocycles. The quantitative estimate of drug-likeness (QED) is 0.256. The van der Waals surface area contributed by atoms with Crippen LogP contribution in [-0.2, 0) is 14.3 Å². The van der Waals surface area contributed by atoms with Crippen LogP contribution in [0.5, 0.6) is 0 Å². The predicted molar refractivity (Wildman–Crippen MR) is 88.4 cm³/mol. The number of allylic oxidation sites excluding steroid dienone is 2. The van der Waals surface area contributed by atoms with Gasteiger partial charge >= 0.3 is 5.97 Å². The molecule has 0 saturated heterocycles. The van der Waals surface area contributed by atoms with Crippen LogP contribution in [0.2, 0.25) is 0 Å². The van der Waals surface area contributed by atoms with Gasteiger partial charge in [0.05, 0.1) is 7.11 Å². The molecule has 0 heterocycles. The normalized spacial score (nSPS) is 12.7.